The molecule has 0 aliphatic rings. The van der Waals surface area contributed by atoms with Crippen LogP contribution in [0.5, 0.6) is 5.75 Å². The summed E-state index contributed by atoms with van der Waals surface area (Å²) in [7, 11) is 0. The number of phenols is 1. The van der Waals surface area contributed by atoms with Crippen LogP contribution in [0.2, 0.25) is 0 Å². The van der Waals surface area contributed by atoms with Crippen LogP contribution in [0.1, 0.15) is 11.1 Å². The molecule has 0 aromatic heterocycles. The zero-order chi connectivity index (χ0) is 8.43. The van der Waals surface area contributed by atoms with Crippen molar-refractivity contribution in [2.24, 2.45) is 0 Å². The van der Waals surface area contributed by atoms with E-state index in [0.717, 1.165) is 14.7 Å². The molecule has 0 fully saturated rings. The molecular weight excluding hydrogens is 255 g/mol. The summed E-state index contributed by atoms with van der Waals surface area (Å²) in [6.07, 6.45) is 0. The van der Waals surface area contributed by atoms with E-state index in [0.29, 0.717) is 0 Å². The predicted molar refractivity (Wildman–Crippen MR) is 51.5 cm³/mol. The quantitative estimate of drug-likeness (QED) is 0.759. The summed E-state index contributed by atoms with van der Waals surface area (Å²) in [5.74, 6) is 0.236. The Kier molecular flexibility index (Phi) is 2.72. The molecule has 2 N–H and O–H groups in total. The van der Waals surface area contributed by atoms with Crippen molar-refractivity contribution in [1.82, 2.24) is 0 Å². The summed E-state index contributed by atoms with van der Waals surface area (Å²) < 4.78 is 0.817. The van der Waals surface area contributed by atoms with Gasteiger partial charge in [-0.3, -0.25) is 0 Å². The van der Waals surface area contributed by atoms with Gasteiger partial charge in [0.2, 0.25) is 0 Å². The van der Waals surface area contributed by atoms with Crippen LogP contribution in [0, 0.1) is 10.5 Å². The van der Waals surface area contributed by atoms with Crippen LogP contribution >= 0.6 is 22.6 Å². The highest BCUT2D eigenvalue weighted by Crippen LogP contribution is 2.23. The van der Waals surface area contributed by atoms with Crippen molar-refractivity contribution < 1.29 is 10.2 Å². The van der Waals surface area contributed by atoms with Gasteiger partial charge < -0.3 is 10.2 Å². The third-order valence-electron chi connectivity index (χ3n) is 1.58. The SMILES string of the molecule is Cc1cc(I)c(O)cc1CO. The topological polar surface area (TPSA) is 40.5 Å². The van der Waals surface area contributed by atoms with Gasteiger partial charge in [-0.05, 0) is 52.8 Å². The maximum atomic E-state index is 9.24. The van der Waals surface area contributed by atoms with Gasteiger partial charge in [0.25, 0.3) is 0 Å². The van der Waals surface area contributed by atoms with Crippen molar-refractivity contribution in [3.63, 3.8) is 0 Å². The van der Waals surface area contributed by atoms with Gasteiger partial charge in [-0.2, -0.15) is 0 Å². The molecule has 0 aliphatic heterocycles. The molecule has 11 heavy (non-hydrogen) atoms. The predicted octanol–water partition coefficient (Wildman–Crippen LogP) is 1.80. The smallest absolute Gasteiger partial charge is 0.129 e. The van der Waals surface area contributed by atoms with Gasteiger partial charge in [-0.25, -0.2) is 0 Å². The molecule has 0 aliphatic carbocycles. The average molecular weight is 264 g/mol. The lowest BCUT2D eigenvalue weighted by atomic mass is 10.1. The summed E-state index contributed by atoms with van der Waals surface area (Å²) >= 11 is 2.05. The van der Waals surface area contributed by atoms with Crippen LogP contribution in [0.4, 0.5) is 0 Å². The molecular formula is C8H9IO2. The number of benzene rings is 1. The Morgan fingerprint density at radius 2 is 2.09 bits per heavy atom. The number of aryl methyl sites for hydroxylation is 1. The van der Waals surface area contributed by atoms with Crippen LogP contribution in [0.25, 0.3) is 0 Å². The molecule has 1 aromatic rings. The molecule has 0 spiro atoms. The lowest BCUT2D eigenvalue weighted by molar-refractivity contribution is 0.280. The molecule has 0 unspecified atom stereocenters. The van der Waals surface area contributed by atoms with Gasteiger partial charge in [-0.15, -0.1) is 0 Å². The molecule has 2 nitrogen and oxygen atoms in total. The minimum absolute atomic E-state index is 0.0175. The van der Waals surface area contributed by atoms with Crippen LogP contribution in [-0.2, 0) is 6.61 Å². The van der Waals surface area contributed by atoms with Gasteiger partial charge in [0.15, 0.2) is 0 Å². The van der Waals surface area contributed by atoms with E-state index in [4.69, 9.17) is 5.11 Å². The Hall–Kier alpha value is -0.290. The fourth-order valence-electron chi connectivity index (χ4n) is 0.875. The third kappa shape index (κ3) is 1.84. The second-order valence-corrected chi connectivity index (χ2v) is 3.55. The first-order valence-corrected chi connectivity index (χ1v) is 4.32. The Bertz CT molecular complexity index is 271. The first-order chi connectivity index (χ1) is 5.15. The van der Waals surface area contributed by atoms with Crippen molar-refractivity contribution in [2.45, 2.75) is 13.5 Å². The molecule has 1 aromatic carbocycles. The number of phenolic OH excluding ortho intramolecular Hbond substituents is 1. The molecule has 0 bridgehead atoms. The molecule has 60 valence electrons. The number of rotatable bonds is 1. The molecule has 1 rings (SSSR count). The molecule has 0 saturated heterocycles. The Balaban J connectivity index is 3.21. The Morgan fingerprint density at radius 3 is 2.64 bits per heavy atom. The van der Waals surface area contributed by atoms with E-state index in [1.807, 2.05) is 13.0 Å². The van der Waals surface area contributed by atoms with E-state index in [1.165, 1.54) is 0 Å². The normalized spacial score (nSPS) is 10.1. The highest BCUT2D eigenvalue weighted by molar-refractivity contribution is 14.1. The van der Waals surface area contributed by atoms with Gasteiger partial charge in [0.1, 0.15) is 5.75 Å². The summed E-state index contributed by atoms with van der Waals surface area (Å²) in [5, 5.41) is 18.1. The van der Waals surface area contributed by atoms with E-state index in [-0.39, 0.29) is 12.4 Å². The molecule has 0 radical (unpaired) electrons. The van der Waals surface area contributed by atoms with Crippen molar-refractivity contribution >= 4 is 22.6 Å². The van der Waals surface area contributed by atoms with Crippen molar-refractivity contribution in [1.29, 1.82) is 0 Å². The number of hydrogen-bond donors (Lipinski definition) is 2. The standard InChI is InChI=1S/C8H9IO2/c1-5-2-7(9)8(11)3-6(5)4-10/h2-3,10-11H,4H2,1H3. The number of aromatic hydroxyl groups is 1. The molecule has 0 amide bonds. The van der Waals surface area contributed by atoms with Gasteiger partial charge >= 0.3 is 0 Å². The van der Waals surface area contributed by atoms with E-state index in [1.54, 1.807) is 6.07 Å². The van der Waals surface area contributed by atoms with Gasteiger partial charge in [0, 0.05) is 0 Å². The van der Waals surface area contributed by atoms with E-state index < -0.39 is 0 Å². The zero-order valence-corrected chi connectivity index (χ0v) is 8.29. The fraction of sp³-hybridized carbons (Fsp3) is 0.250. The third-order valence-corrected chi connectivity index (χ3v) is 2.44. The van der Waals surface area contributed by atoms with Crippen LogP contribution in [0.15, 0.2) is 12.1 Å². The van der Waals surface area contributed by atoms with Crippen LogP contribution in [0.3, 0.4) is 0 Å². The van der Waals surface area contributed by atoms with Crippen molar-refractivity contribution in [2.75, 3.05) is 0 Å². The van der Waals surface area contributed by atoms with E-state index >= 15 is 0 Å². The minimum atomic E-state index is -0.0175. The first kappa shape index (κ1) is 8.80. The maximum absolute atomic E-state index is 9.24. The molecule has 3 heteroatoms. The number of hydrogen-bond acceptors (Lipinski definition) is 2. The average Bonchev–Trinajstić information content (AvgIpc) is 1.97. The Labute approximate surface area is 79.0 Å². The molecule has 0 saturated carbocycles. The second kappa shape index (κ2) is 3.40. The first-order valence-electron chi connectivity index (χ1n) is 3.24. The summed E-state index contributed by atoms with van der Waals surface area (Å²) in [4.78, 5) is 0. The van der Waals surface area contributed by atoms with E-state index in [2.05, 4.69) is 22.6 Å². The lowest BCUT2D eigenvalue weighted by Gasteiger charge is -2.04. The summed E-state index contributed by atoms with van der Waals surface area (Å²) in [6.45, 7) is 1.89. The van der Waals surface area contributed by atoms with Crippen LogP contribution < -0.4 is 0 Å². The lowest BCUT2D eigenvalue weighted by Crippen LogP contribution is -1.89. The summed E-state index contributed by atoms with van der Waals surface area (Å²) in [5.41, 5.74) is 1.79. The highest BCUT2D eigenvalue weighted by atomic mass is 127. The highest BCUT2D eigenvalue weighted by Gasteiger charge is 2.02. The van der Waals surface area contributed by atoms with E-state index in [9.17, 15) is 5.11 Å². The molecule has 0 atom stereocenters. The number of aliphatic hydroxyl groups is 1. The number of aliphatic hydroxyl groups excluding tert-OH is 1. The van der Waals surface area contributed by atoms with Gasteiger partial charge in [-0.1, -0.05) is 0 Å². The van der Waals surface area contributed by atoms with Gasteiger partial charge in [0.05, 0.1) is 10.2 Å². The maximum Gasteiger partial charge on any atom is 0.129 e. The monoisotopic (exact) mass is 264 g/mol. The fourth-order valence-corrected chi connectivity index (χ4v) is 1.50. The summed E-state index contributed by atoms with van der Waals surface area (Å²) in [6, 6.07) is 3.44. The second-order valence-electron chi connectivity index (χ2n) is 2.39. The van der Waals surface area contributed by atoms with Crippen molar-refractivity contribution in [3.05, 3.63) is 26.8 Å². The largest absolute Gasteiger partial charge is 0.507 e. The molecule has 0 heterocycles. The van der Waals surface area contributed by atoms with Crippen molar-refractivity contribution in [3.8, 4) is 5.75 Å². The number of halogens is 1. The zero-order valence-electron chi connectivity index (χ0n) is 6.13. The van der Waals surface area contributed by atoms with Crippen LogP contribution in [-0.4, -0.2) is 10.2 Å². The Morgan fingerprint density at radius 1 is 1.45 bits per heavy atom. The minimum Gasteiger partial charge on any atom is -0.507 e.